The van der Waals surface area contributed by atoms with Crippen molar-refractivity contribution in [2.45, 2.75) is 20.0 Å². The molecule has 0 atom stereocenters. The van der Waals surface area contributed by atoms with Gasteiger partial charge in [0, 0.05) is 61.4 Å². The van der Waals surface area contributed by atoms with Gasteiger partial charge in [0.05, 0.1) is 17.2 Å². The van der Waals surface area contributed by atoms with Gasteiger partial charge >= 0.3 is 0 Å². The molecule has 0 saturated heterocycles. The van der Waals surface area contributed by atoms with Crippen LogP contribution in [0.15, 0.2) is 48.8 Å². The molecule has 0 amide bonds. The van der Waals surface area contributed by atoms with E-state index >= 15 is 0 Å². The summed E-state index contributed by atoms with van der Waals surface area (Å²) in [4.78, 5) is 14.7. The third-order valence-corrected chi connectivity index (χ3v) is 4.02. The molecule has 8 nitrogen and oxygen atoms in total. The van der Waals surface area contributed by atoms with Crippen molar-refractivity contribution < 1.29 is 9.66 Å². The quantitative estimate of drug-likeness (QED) is 0.486. The third kappa shape index (κ3) is 4.48. The smallest absolute Gasteiger partial charge is 0.269 e. The summed E-state index contributed by atoms with van der Waals surface area (Å²) < 4.78 is 7.28. The second kappa shape index (κ2) is 8.41. The zero-order valence-corrected chi connectivity index (χ0v) is 15.3. The van der Waals surface area contributed by atoms with E-state index in [1.165, 1.54) is 12.1 Å². The van der Waals surface area contributed by atoms with Crippen molar-refractivity contribution in [2.24, 2.45) is 7.05 Å². The lowest BCUT2D eigenvalue weighted by Gasteiger charge is -2.10. The maximum absolute atomic E-state index is 10.8. The molecule has 0 spiro atoms. The van der Waals surface area contributed by atoms with Gasteiger partial charge in [-0.15, -0.1) is 0 Å². The molecule has 1 aromatic carbocycles. The van der Waals surface area contributed by atoms with Crippen LogP contribution >= 0.6 is 0 Å². The number of pyridine rings is 1. The normalized spacial score (nSPS) is 10.7. The molecule has 0 radical (unpaired) electrons. The van der Waals surface area contributed by atoms with Crippen molar-refractivity contribution in [2.75, 3.05) is 6.61 Å². The summed E-state index contributed by atoms with van der Waals surface area (Å²) in [5, 5.41) is 18.7. The molecule has 3 aromatic rings. The van der Waals surface area contributed by atoms with Crippen LogP contribution in [-0.2, 0) is 20.1 Å². The molecule has 2 heterocycles. The first-order valence-corrected chi connectivity index (χ1v) is 8.63. The minimum atomic E-state index is -0.408. The lowest BCUT2D eigenvalue weighted by molar-refractivity contribution is -0.384. The summed E-state index contributed by atoms with van der Waals surface area (Å²) in [5.74, 6) is 0.634. The SMILES string of the molecule is CCOc1ncccc1CNCc1cn(C)nc1-c1ccc([N+](=O)[O-])cc1. The molecular formula is C19H21N5O3. The Hall–Kier alpha value is -3.26. The van der Waals surface area contributed by atoms with Crippen molar-refractivity contribution in [1.29, 1.82) is 0 Å². The van der Waals surface area contributed by atoms with E-state index in [0.29, 0.717) is 25.6 Å². The van der Waals surface area contributed by atoms with Gasteiger partial charge in [0.2, 0.25) is 5.88 Å². The number of nitrogens with one attached hydrogen (secondary N) is 1. The van der Waals surface area contributed by atoms with Crippen LogP contribution in [0.4, 0.5) is 5.69 Å². The zero-order chi connectivity index (χ0) is 19.2. The van der Waals surface area contributed by atoms with Gasteiger partial charge < -0.3 is 10.1 Å². The maximum atomic E-state index is 10.8. The molecule has 0 bridgehead atoms. The van der Waals surface area contributed by atoms with Crippen molar-refractivity contribution in [3.05, 3.63) is 70.0 Å². The molecule has 0 aliphatic heterocycles. The van der Waals surface area contributed by atoms with Crippen molar-refractivity contribution in [3.8, 4) is 17.1 Å². The molecule has 27 heavy (non-hydrogen) atoms. The van der Waals surface area contributed by atoms with E-state index < -0.39 is 4.92 Å². The van der Waals surface area contributed by atoms with Crippen LogP contribution in [-0.4, -0.2) is 26.3 Å². The van der Waals surface area contributed by atoms with E-state index in [9.17, 15) is 10.1 Å². The van der Waals surface area contributed by atoms with E-state index in [2.05, 4.69) is 15.4 Å². The minimum absolute atomic E-state index is 0.0642. The fourth-order valence-electron chi connectivity index (χ4n) is 2.81. The average Bonchev–Trinajstić information content (AvgIpc) is 3.04. The summed E-state index contributed by atoms with van der Waals surface area (Å²) in [7, 11) is 1.85. The molecule has 0 unspecified atom stereocenters. The largest absolute Gasteiger partial charge is 0.478 e. The number of aryl methyl sites for hydroxylation is 1. The van der Waals surface area contributed by atoms with Crippen molar-refractivity contribution in [3.63, 3.8) is 0 Å². The number of non-ortho nitro benzene ring substituents is 1. The van der Waals surface area contributed by atoms with Crippen molar-refractivity contribution >= 4 is 5.69 Å². The molecule has 3 rings (SSSR count). The van der Waals surface area contributed by atoms with Gasteiger partial charge in [-0.3, -0.25) is 14.8 Å². The van der Waals surface area contributed by atoms with Gasteiger partial charge in [-0.1, -0.05) is 6.07 Å². The number of nitro benzene ring substituents is 1. The van der Waals surface area contributed by atoms with Gasteiger partial charge in [0.15, 0.2) is 0 Å². The highest BCUT2D eigenvalue weighted by atomic mass is 16.6. The van der Waals surface area contributed by atoms with Crippen molar-refractivity contribution in [1.82, 2.24) is 20.1 Å². The highest BCUT2D eigenvalue weighted by Crippen LogP contribution is 2.24. The summed E-state index contributed by atoms with van der Waals surface area (Å²) in [6.07, 6.45) is 3.65. The van der Waals surface area contributed by atoms with Gasteiger partial charge in [-0.2, -0.15) is 5.10 Å². The Bertz CT molecular complexity index is 921. The van der Waals surface area contributed by atoms with Crippen LogP contribution < -0.4 is 10.1 Å². The molecule has 0 fully saturated rings. The van der Waals surface area contributed by atoms with Crippen LogP contribution in [0.3, 0.4) is 0 Å². The van der Waals surface area contributed by atoms with Gasteiger partial charge in [-0.05, 0) is 25.1 Å². The zero-order valence-electron chi connectivity index (χ0n) is 15.3. The van der Waals surface area contributed by atoms with Gasteiger partial charge in [0.1, 0.15) is 0 Å². The lowest BCUT2D eigenvalue weighted by Crippen LogP contribution is -2.14. The van der Waals surface area contributed by atoms with Crippen LogP contribution in [0.25, 0.3) is 11.3 Å². The molecule has 0 aliphatic carbocycles. The number of hydrogen-bond acceptors (Lipinski definition) is 6. The molecule has 140 valence electrons. The van der Waals surface area contributed by atoms with Crippen LogP contribution in [0, 0.1) is 10.1 Å². The topological polar surface area (TPSA) is 95.1 Å². The Balaban J connectivity index is 1.72. The minimum Gasteiger partial charge on any atom is -0.478 e. The Morgan fingerprint density at radius 1 is 1.19 bits per heavy atom. The summed E-state index contributed by atoms with van der Waals surface area (Å²) in [6, 6.07) is 10.3. The predicted molar refractivity (Wildman–Crippen MR) is 101 cm³/mol. The first-order valence-electron chi connectivity index (χ1n) is 8.63. The number of aromatic nitrogens is 3. The van der Waals surface area contributed by atoms with E-state index in [-0.39, 0.29) is 5.69 Å². The fraction of sp³-hybridized carbons (Fsp3) is 0.263. The summed E-state index contributed by atoms with van der Waals surface area (Å²) in [5.41, 5.74) is 3.70. The van der Waals surface area contributed by atoms with Crippen LogP contribution in [0.1, 0.15) is 18.1 Å². The number of hydrogen-bond donors (Lipinski definition) is 1. The van der Waals surface area contributed by atoms with E-state index in [0.717, 1.165) is 22.4 Å². The Morgan fingerprint density at radius 3 is 2.63 bits per heavy atom. The third-order valence-electron chi connectivity index (χ3n) is 4.02. The number of benzene rings is 1. The Labute approximate surface area is 157 Å². The number of rotatable bonds is 8. The molecule has 1 N–H and O–H groups in total. The second-order valence-corrected chi connectivity index (χ2v) is 5.98. The standard InChI is InChI=1S/C19H21N5O3/c1-3-27-19-15(5-4-10-21-19)11-20-12-16-13-23(2)22-18(16)14-6-8-17(9-7-14)24(25)26/h4-10,13,20H,3,11-12H2,1-2H3. The molecular weight excluding hydrogens is 346 g/mol. The maximum Gasteiger partial charge on any atom is 0.269 e. The van der Waals surface area contributed by atoms with Crippen LogP contribution in [0.2, 0.25) is 0 Å². The van der Waals surface area contributed by atoms with E-state index in [4.69, 9.17) is 4.74 Å². The Kier molecular flexibility index (Phi) is 5.77. The lowest BCUT2D eigenvalue weighted by atomic mass is 10.1. The molecule has 0 saturated carbocycles. The van der Waals surface area contributed by atoms with Gasteiger partial charge in [-0.25, -0.2) is 4.98 Å². The van der Waals surface area contributed by atoms with E-state index in [1.807, 2.05) is 32.3 Å². The first kappa shape index (κ1) is 18.5. The highest BCUT2D eigenvalue weighted by Gasteiger charge is 2.12. The number of nitrogens with zero attached hydrogens (tertiary/aromatic N) is 4. The Morgan fingerprint density at radius 2 is 1.93 bits per heavy atom. The molecule has 2 aromatic heterocycles. The summed E-state index contributed by atoms with van der Waals surface area (Å²) in [6.45, 7) is 3.70. The van der Waals surface area contributed by atoms with Crippen LogP contribution in [0.5, 0.6) is 5.88 Å². The predicted octanol–water partition coefficient (Wildman–Crippen LogP) is 3.08. The average molecular weight is 367 g/mol. The summed E-state index contributed by atoms with van der Waals surface area (Å²) >= 11 is 0. The highest BCUT2D eigenvalue weighted by molar-refractivity contribution is 5.64. The number of nitro groups is 1. The van der Waals surface area contributed by atoms with Gasteiger partial charge in [0.25, 0.3) is 5.69 Å². The number of ether oxygens (including phenoxy) is 1. The first-order chi connectivity index (χ1) is 13.1. The second-order valence-electron chi connectivity index (χ2n) is 5.98. The fourth-order valence-corrected chi connectivity index (χ4v) is 2.81. The monoisotopic (exact) mass is 367 g/mol. The van der Waals surface area contributed by atoms with E-state index in [1.54, 1.807) is 23.0 Å². The molecule has 8 heteroatoms. The molecule has 0 aliphatic rings.